The van der Waals surface area contributed by atoms with E-state index in [4.69, 9.17) is 15.0 Å². The van der Waals surface area contributed by atoms with Gasteiger partial charge in [0.05, 0.1) is 12.3 Å². The number of ether oxygens (including phenoxy) is 1. The van der Waals surface area contributed by atoms with Crippen molar-refractivity contribution in [2.24, 2.45) is 0 Å². The first kappa shape index (κ1) is 24.4. The molecule has 188 valence electrons. The molecule has 5 N–H and O–H groups in total. The van der Waals surface area contributed by atoms with Crippen molar-refractivity contribution in [1.29, 1.82) is 5.26 Å². The number of nitriles is 1. The number of para-hydroxylation sites is 1. The van der Waals surface area contributed by atoms with Crippen LogP contribution in [0.1, 0.15) is 18.2 Å². The molecule has 13 heteroatoms. The molecule has 11 nitrogen and oxygen atoms in total. The van der Waals surface area contributed by atoms with E-state index in [9.17, 15) is 14.9 Å². The first-order chi connectivity index (χ1) is 17.3. The third-order valence-corrected chi connectivity index (χ3v) is 7.61. The smallest absolute Gasteiger partial charge is 0.258 e. The van der Waals surface area contributed by atoms with E-state index in [-0.39, 0.29) is 18.1 Å². The second-order valence-electron chi connectivity index (χ2n) is 8.77. The molecule has 5 atom stereocenters. The summed E-state index contributed by atoms with van der Waals surface area (Å²) in [5.41, 5.74) is 3.59. The fraction of sp³-hybridized carbons (Fsp3) is 0.348. The third-order valence-electron chi connectivity index (χ3n) is 6.64. The molecular formula is C23H25FN7O4P. The fourth-order valence-electron chi connectivity index (χ4n) is 4.66. The molecule has 3 aromatic heterocycles. The number of hydrogen-bond donors (Lipinski definition) is 4. The number of nitrogen functional groups attached to an aromatic ring is 1. The van der Waals surface area contributed by atoms with Crippen molar-refractivity contribution in [1.82, 2.24) is 24.7 Å². The summed E-state index contributed by atoms with van der Waals surface area (Å²) in [5.74, 6) is 0.139. The summed E-state index contributed by atoms with van der Waals surface area (Å²) in [7, 11) is -2.73. The fourth-order valence-corrected chi connectivity index (χ4v) is 5.41. The van der Waals surface area contributed by atoms with Crippen LogP contribution < -0.4 is 10.8 Å². The summed E-state index contributed by atoms with van der Waals surface area (Å²) in [6, 6.07) is 12.7. The lowest BCUT2D eigenvalue weighted by molar-refractivity contribution is -0.0691. The number of hydrogen-bond acceptors (Lipinski definition) is 8. The molecule has 1 unspecified atom stereocenters. The summed E-state index contributed by atoms with van der Waals surface area (Å²) in [4.78, 5) is 7.07. The number of fused-ring (bicyclic) bond motifs is 2. The third kappa shape index (κ3) is 3.86. The molecule has 1 saturated heterocycles. The molecule has 4 aromatic rings. The first-order valence-electron chi connectivity index (χ1n) is 11.3. The van der Waals surface area contributed by atoms with Crippen molar-refractivity contribution in [3.05, 3.63) is 60.2 Å². The Bertz CT molecular complexity index is 1480. The van der Waals surface area contributed by atoms with Crippen LogP contribution in [-0.2, 0) is 25.8 Å². The SMILES string of the molecule is C[C@@]1(F)[C@H](O)[C@@H](CO[PH](=O)NCCc2c[nH]c3ccccc23)O[C@@]1(C#N)c1ccc2c(N)ncnn12. The number of alkyl halides is 1. The highest BCUT2D eigenvalue weighted by atomic mass is 31.1. The number of anilines is 1. The maximum Gasteiger partial charge on any atom is 0.258 e. The van der Waals surface area contributed by atoms with Crippen molar-refractivity contribution >= 4 is 30.4 Å². The molecule has 0 spiro atoms. The van der Waals surface area contributed by atoms with E-state index < -0.39 is 31.7 Å². The average Bonchev–Trinajstić information content (AvgIpc) is 3.54. The summed E-state index contributed by atoms with van der Waals surface area (Å²) < 4.78 is 40.8. The Morgan fingerprint density at radius 2 is 2.22 bits per heavy atom. The second kappa shape index (κ2) is 9.28. The van der Waals surface area contributed by atoms with Crippen LogP contribution in [-0.4, -0.2) is 55.7 Å². The highest BCUT2D eigenvalue weighted by Crippen LogP contribution is 2.50. The number of aliphatic hydroxyl groups is 1. The van der Waals surface area contributed by atoms with Gasteiger partial charge in [0.2, 0.25) is 5.60 Å². The number of H-pyrrole nitrogens is 1. The summed E-state index contributed by atoms with van der Waals surface area (Å²) in [5, 5.41) is 28.7. The van der Waals surface area contributed by atoms with Gasteiger partial charge in [-0.1, -0.05) is 18.2 Å². The highest BCUT2D eigenvalue weighted by Gasteiger charge is 2.67. The molecule has 5 rings (SSSR count). The lowest BCUT2D eigenvalue weighted by Gasteiger charge is -2.30. The predicted octanol–water partition coefficient (Wildman–Crippen LogP) is 2.24. The van der Waals surface area contributed by atoms with E-state index in [2.05, 4.69) is 20.2 Å². The van der Waals surface area contributed by atoms with Crippen molar-refractivity contribution < 1.29 is 23.3 Å². The number of benzene rings is 1. The molecule has 1 aliphatic heterocycles. The topological polar surface area (TPSA) is 164 Å². The Morgan fingerprint density at radius 3 is 3.03 bits per heavy atom. The molecule has 1 aromatic carbocycles. The van der Waals surface area contributed by atoms with Crippen LogP contribution in [0, 0.1) is 11.3 Å². The number of aliphatic hydroxyl groups excluding tert-OH is 1. The van der Waals surface area contributed by atoms with Gasteiger partial charge in [0, 0.05) is 23.6 Å². The molecule has 0 aliphatic carbocycles. The van der Waals surface area contributed by atoms with E-state index in [1.807, 2.05) is 36.5 Å². The monoisotopic (exact) mass is 513 g/mol. The van der Waals surface area contributed by atoms with Gasteiger partial charge in [-0.3, -0.25) is 4.57 Å². The van der Waals surface area contributed by atoms with Crippen LogP contribution in [0.4, 0.5) is 10.2 Å². The first-order valence-corrected chi connectivity index (χ1v) is 12.6. The Morgan fingerprint density at radius 1 is 1.42 bits per heavy atom. The number of halogens is 1. The highest BCUT2D eigenvalue weighted by molar-refractivity contribution is 7.36. The zero-order valence-corrected chi connectivity index (χ0v) is 20.3. The lowest BCUT2D eigenvalue weighted by atomic mass is 9.82. The largest absolute Gasteiger partial charge is 0.387 e. The lowest BCUT2D eigenvalue weighted by Crippen LogP contribution is -2.48. The average molecular weight is 513 g/mol. The van der Waals surface area contributed by atoms with Crippen LogP contribution in [0.25, 0.3) is 16.4 Å². The standard InChI is InChI=1S/C23H25FN7O4P/c1-22(24)20(32)18(35-23(22,12-25)19-7-6-17-21(26)28-13-29-31(17)19)11-34-36(33)30-9-8-14-10-27-16-5-3-2-4-15(14)16/h2-7,10,13,18,20,27,32,36H,8-9,11H2,1H3,(H,30,33)(H2,26,28,29)/t18-,20-,22-,23+/m1/s1. The summed E-state index contributed by atoms with van der Waals surface area (Å²) in [6.45, 7) is 1.07. The molecule has 0 saturated carbocycles. The molecule has 36 heavy (non-hydrogen) atoms. The van der Waals surface area contributed by atoms with Gasteiger partial charge in [-0.25, -0.2) is 19.0 Å². The molecule has 0 bridgehead atoms. The van der Waals surface area contributed by atoms with E-state index in [1.165, 1.54) is 23.0 Å². The molecule has 4 heterocycles. The van der Waals surface area contributed by atoms with Crippen LogP contribution in [0.15, 0.2) is 48.9 Å². The van der Waals surface area contributed by atoms with Crippen molar-refractivity contribution in [3.63, 3.8) is 0 Å². The van der Waals surface area contributed by atoms with Gasteiger partial charge >= 0.3 is 0 Å². The summed E-state index contributed by atoms with van der Waals surface area (Å²) in [6.07, 6.45) is 0.697. The van der Waals surface area contributed by atoms with Crippen LogP contribution in [0.3, 0.4) is 0 Å². The number of aromatic amines is 1. The number of aromatic nitrogens is 4. The van der Waals surface area contributed by atoms with Gasteiger partial charge in [-0.15, -0.1) is 0 Å². The van der Waals surface area contributed by atoms with E-state index >= 15 is 4.39 Å². The van der Waals surface area contributed by atoms with Gasteiger partial charge in [-0.2, -0.15) is 10.4 Å². The normalized spacial score (nSPS) is 26.9. The second-order valence-corrected chi connectivity index (χ2v) is 9.98. The summed E-state index contributed by atoms with van der Waals surface area (Å²) >= 11 is 0. The van der Waals surface area contributed by atoms with E-state index in [1.54, 1.807) is 0 Å². The van der Waals surface area contributed by atoms with Gasteiger partial charge in [-0.05, 0) is 37.1 Å². The van der Waals surface area contributed by atoms with Crippen LogP contribution in [0.2, 0.25) is 0 Å². The van der Waals surface area contributed by atoms with Crippen LogP contribution in [0.5, 0.6) is 0 Å². The zero-order valence-electron chi connectivity index (χ0n) is 19.3. The molecule has 0 amide bonds. The number of nitrogens with zero attached hydrogens (tertiary/aromatic N) is 4. The minimum absolute atomic E-state index is 0.0464. The predicted molar refractivity (Wildman–Crippen MR) is 130 cm³/mol. The number of rotatable bonds is 8. The van der Waals surface area contributed by atoms with Crippen molar-refractivity contribution in [2.75, 3.05) is 18.9 Å². The molecule has 0 radical (unpaired) electrons. The maximum absolute atomic E-state index is 15.9. The Kier molecular flexibility index (Phi) is 6.28. The Balaban J connectivity index is 1.25. The number of nitrogens with two attached hydrogens (primary N) is 1. The molecule has 1 fully saturated rings. The zero-order chi connectivity index (χ0) is 25.5. The Hall–Kier alpha value is -3.33. The van der Waals surface area contributed by atoms with Gasteiger partial charge in [0.1, 0.15) is 30.1 Å². The molecular weight excluding hydrogens is 488 g/mol. The van der Waals surface area contributed by atoms with Crippen LogP contribution >= 0.6 is 8.18 Å². The van der Waals surface area contributed by atoms with Gasteiger partial charge in [0.25, 0.3) is 8.18 Å². The quantitative estimate of drug-likeness (QED) is 0.259. The van der Waals surface area contributed by atoms with Crippen molar-refractivity contribution in [3.8, 4) is 6.07 Å². The number of nitrogens with one attached hydrogen (secondary N) is 2. The van der Waals surface area contributed by atoms with Gasteiger partial charge in [0.15, 0.2) is 11.5 Å². The van der Waals surface area contributed by atoms with Crippen molar-refractivity contribution in [2.45, 2.75) is 36.8 Å². The van der Waals surface area contributed by atoms with Gasteiger partial charge < -0.3 is 25.1 Å². The van der Waals surface area contributed by atoms with E-state index in [0.717, 1.165) is 23.4 Å². The maximum atomic E-state index is 15.9. The minimum atomic E-state index is -2.73. The minimum Gasteiger partial charge on any atom is -0.387 e. The van der Waals surface area contributed by atoms with E-state index in [0.29, 0.717) is 18.5 Å². The Labute approximate surface area is 206 Å². The molecule has 1 aliphatic rings.